The lowest BCUT2D eigenvalue weighted by Crippen LogP contribution is -2.18. The van der Waals surface area contributed by atoms with E-state index < -0.39 is 0 Å². The van der Waals surface area contributed by atoms with Gasteiger partial charge in [0.25, 0.3) is 0 Å². The molecule has 0 bridgehead atoms. The van der Waals surface area contributed by atoms with Gasteiger partial charge >= 0.3 is 0 Å². The molecule has 19 heavy (non-hydrogen) atoms. The van der Waals surface area contributed by atoms with Crippen LogP contribution in [0.3, 0.4) is 0 Å². The first-order chi connectivity index (χ1) is 9.26. The van der Waals surface area contributed by atoms with Crippen molar-refractivity contribution in [3.63, 3.8) is 0 Å². The molecule has 0 atom stereocenters. The van der Waals surface area contributed by atoms with Gasteiger partial charge in [-0.15, -0.1) is 11.8 Å². The summed E-state index contributed by atoms with van der Waals surface area (Å²) in [6.07, 6.45) is 3.77. The fraction of sp³-hybridized carbons (Fsp3) is 0.200. The lowest BCUT2D eigenvalue weighted by atomic mass is 10.1. The van der Waals surface area contributed by atoms with E-state index in [2.05, 4.69) is 16.0 Å². The highest BCUT2D eigenvalue weighted by atomic mass is 32.2. The van der Waals surface area contributed by atoms with Gasteiger partial charge in [-0.2, -0.15) is 5.26 Å². The van der Waals surface area contributed by atoms with Crippen molar-refractivity contribution in [1.82, 2.24) is 4.98 Å². The van der Waals surface area contributed by atoms with E-state index >= 15 is 0 Å². The fourth-order valence-electron chi connectivity index (χ4n) is 1.94. The smallest absolute Gasteiger partial charge is 0.103 e. The number of nitrogens with zero attached hydrogens (tertiary/aromatic N) is 3. The molecule has 4 heteroatoms. The Balaban J connectivity index is 2.29. The zero-order chi connectivity index (χ0) is 13.7. The van der Waals surface area contributed by atoms with Crippen LogP contribution in [0.25, 0.3) is 0 Å². The van der Waals surface area contributed by atoms with Gasteiger partial charge < -0.3 is 4.90 Å². The third-order valence-corrected chi connectivity index (χ3v) is 3.65. The van der Waals surface area contributed by atoms with Crippen LogP contribution in [0.1, 0.15) is 11.3 Å². The average molecular weight is 269 g/mol. The van der Waals surface area contributed by atoms with E-state index in [0.29, 0.717) is 6.54 Å². The molecule has 0 aliphatic carbocycles. The highest BCUT2D eigenvalue weighted by molar-refractivity contribution is 7.98. The molecule has 0 saturated carbocycles. The Morgan fingerprint density at radius 1 is 1.26 bits per heavy atom. The van der Waals surface area contributed by atoms with Crippen LogP contribution in [0.2, 0.25) is 0 Å². The first kappa shape index (κ1) is 13.4. The Morgan fingerprint density at radius 3 is 2.74 bits per heavy atom. The first-order valence-corrected chi connectivity index (χ1v) is 7.17. The van der Waals surface area contributed by atoms with E-state index in [0.717, 1.165) is 21.8 Å². The molecular formula is C15H15N3S. The Labute approximate surface area is 117 Å². The summed E-state index contributed by atoms with van der Waals surface area (Å²) in [6.45, 7) is 0.688. The van der Waals surface area contributed by atoms with Crippen molar-refractivity contribution in [1.29, 1.82) is 5.26 Å². The second-order valence-corrected chi connectivity index (χ2v) is 4.99. The van der Waals surface area contributed by atoms with Crippen LogP contribution in [-0.4, -0.2) is 18.3 Å². The Bertz CT molecular complexity index is 590. The number of anilines is 1. The molecule has 0 N–H and O–H groups in total. The molecule has 0 unspecified atom stereocenters. The van der Waals surface area contributed by atoms with Crippen LogP contribution in [0.5, 0.6) is 0 Å². The molecule has 96 valence electrons. The Kier molecular flexibility index (Phi) is 4.43. The predicted octanol–water partition coefficient (Wildman–Crippen LogP) is 3.31. The minimum absolute atomic E-state index is 0.688. The maximum Gasteiger partial charge on any atom is 0.103 e. The topological polar surface area (TPSA) is 39.9 Å². The number of aromatic nitrogens is 1. The minimum atomic E-state index is 0.688. The van der Waals surface area contributed by atoms with Gasteiger partial charge in [0.1, 0.15) is 6.07 Å². The lowest BCUT2D eigenvalue weighted by Gasteiger charge is -2.21. The Morgan fingerprint density at radius 2 is 2.11 bits per heavy atom. The number of hydrogen-bond acceptors (Lipinski definition) is 4. The van der Waals surface area contributed by atoms with Crippen molar-refractivity contribution in [2.45, 2.75) is 11.4 Å². The lowest BCUT2D eigenvalue weighted by molar-refractivity contribution is 0.881. The molecule has 1 aromatic carbocycles. The molecule has 0 aliphatic rings. The normalized spacial score (nSPS) is 9.95. The molecule has 1 heterocycles. The molecule has 0 aliphatic heterocycles. The van der Waals surface area contributed by atoms with Crippen LogP contribution in [-0.2, 0) is 6.54 Å². The van der Waals surface area contributed by atoms with Crippen molar-refractivity contribution >= 4 is 17.4 Å². The minimum Gasteiger partial charge on any atom is -0.368 e. The summed E-state index contributed by atoms with van der Waals surface area (Å²) in [5, 5.41) is 9.34. The molecule has 0 saturated heterocycles. The maximum atomic E-state index is 9.34. The van der Waals surface area contributed by atoms with E-state index in [4.69, 9.17) is 0 Å². The largest absolute Gasteiger partial charge is 0.368 e. The molecule has 1 aromatic heterocycles. The number of nitriles is 1. The van der Waals surface area contributed by atoms with Gasteiger partial charge in [0.05, 0.1) is 23.5 Å². The van der Waals surface area contributed by atoms with E-state index in [1.165, 1.54) is 0 Å². The van der Waals surface area contributed by atoms with Gasteiger partial charge in [-0.3, -0.25) is 4.98 Å². The van der Waals surface area contributed by atoms with Gasteiger partial charge in [0, 0.05) is 18.1 Å². The molecular weight excluding hydrogens is 254 g/mol. The van der Waals surface area contributed by atoms with E-state index in [9.17, 15) is 5.26 Å². The number of rotatable bonds is 4. The van der Waals surface area contributed by atoms with E-state index in [-0.39, 0.29) is 0 Å². The number of pyridine rings is 1. The van der Waals surface area contributed by atoms with Gasteiger partial charge in [-0.05, 0) is 30.5 Å². The van der Waals surface area contributed by atoms with Crippen LogP contribution in [0, 0.1) is 11.3 Å². The molecule has 3 nitrogen and oxygen atoms in total. The summed E-state index contributed by atoms with van der Waals surface area (Å²) in [4.78, 5) is 7.38. The van der Waals surface area contributed by atoms with Crippen LogP contribution < -0.4 is 4.90 Å². The molecule has 0 spiro atoms. The van der Waals surface area contributed by atoms with Crippen molar-refractivity contribution in [3.8, 4) is 6.07 Å². The predicted molar refractivity (Wildman–Crippen MR) is 79.3 cm³/mol. The van der Waals surface area contributed by atoms with Crippen LogP contribution >= 0.6 is 11.8 Å². The Hall–Kier alpha value is -1.99. The van der Waals surface area contributed by atoms with Crippen molar-refractivity contribution in [2.24, 2.45) is 0 Å². The van der Waals surface area contributed by atoms with Gasteiger partial charge in [-0.25, -0.2) is 0 Å². The first-order valence-electron chi connectivity index (χ1n) is 5.94. The van der Waals surface area contributed by atoms with Crippen LogP contribution in [0.15, 0.2) is 47.5 Å². The standard InChI is InChI=1S/C15H15N3S/c1-18(11-12-6-3-4-9-17-12)14-7-5-8-15(19-2)13(14)10-16/h3-9H,11H2,1-2H3. The zero-order valence-electron chi connectivity index (χ0n) is 11.0. The summed E-state index contributed by atoms with van der Waals surface area (Å²) in [5.74, 6) is 0. The monoisotopic (exact) mass is 269 g/mol. The third kappa shape index (κ3) is 3.07. The second kappa shape index (κ2) is 6.26. The summed E-state index contributed by atoms with van der Waals surface area (Å²) in [6, 6.07) is 14.1. The van der Waals surface area contributed by atoms with E-state index in [1.807, 2.05) is 49.7 Å². The highest BCUT2D eigenvalue weighted by Crippen LogP contribution is 2.28. The summed E-state index contributed by atoms with van der Waals surface area (Å²) in [5.41, 5.74) is 2.66. The molecule has 0 radical (unpaired) electrons. The van der Waals surface area contributed by atoms with Crippen molar-refractivity contribution in [2.75, 3.05) is 18.2 Å². The van der Waals surface area contributed by atoms with Crippen LogP contribution in [0.4, 0.5) is 5.69 Å². The zero-order valence-corrected chi connectivity index (χ0v) is 11.8. The summed E-state index contributed by atoms with van der Waals surface area (Å²) >= 11 is 1.59. The third-order valence-electron chi connectivity index (χ3n) is 2.87. The number of thioether (sulfide) groups is 1. The SMILES string of the molecule is CSc1cccc(N(C)Cc2ccccn2)c1C#N. The average Bonchev–Trinajstić information content (AvgIpc) is 2.47. The molecule has 0 amide bonds. The van der Waals surface area contributed by atoms with Crippen molar-refractivity contribution < 1.29 is 0 Å². The second-order valence-electron chi connectivity index (χ2n) is 4.14. The van der Waals surface area contributed by atoms with Crippen molar-refractivity contribution in [3.05, 3.63) is 53.9 Å². The van der Waals surface area contributed by atoms with Gasteiger partial charge in [0.15, 0.2) is 0 Å². The molecule has 0 fully saturated rings. The highest BCUT2D eigenvalue weighted by Gasteiger charge is 2.11. The maximum absolute atomic E-state index is 9.34. The van der Waals surface area contributed by atoms with Gasteiger partial charge in [0.2, 0.25) is 0 Å². The number of benzene rings is 1. The van der Waals surface area contributed by atoms with Gasteiger partial charge in [-0.1, -0.05) is 12.1 Å². The summed E-state index contributed by atoms with van der Waals surface area (Å²) in [7, 11) is 1.98. The van der Waals surface area contributed by atoms with E-state index in [1.54, 1.807) is 18.0 Å². The fourth-order valence-corrected chi connectivity index (χ4v) is 2.51. The summed E-state index contributed by atoms with van der Waals surface area (Å²) < 4.78 is 0. The molecule has 2 aromatic rings. The quantitative estimate of drug-likeness (QED) is 0.798. The number of hydrogen-bond donors (Lipinski definition) is 0. The molecule has 2 rings (SSSR count).